The predicted octanol–water partition coefficient (Wildman–Crippen LogP) is 2.34. The summed E-state index contributed by atoms with van der Waals surface area (Å²) < 4.78 is 5.61. The first kappa shape index (κ1) is 12.8. The van der Waals surface area contributed by atoms with Crippen molar-refractivity contribution < 1.29 is 9.53 Å². The van der Waals surface area contributed by atoms with Crippen LogP contribution in [-0.2, 0) is 9.53 Å². The number of hydrogen-bond acceptors (Lipinski definition) is 2. The second kappa shape index (κ2) is 5.83. The molecule has 18 heavy (non-hydrogen) atoms. The molecule has 2 rings (SSSR count). The molecule has 0 aliphatic carbocycles. The number of rotatable bonds is 2. The van der Waals surface area contributed by atoms with Crippen molar-refractivity contribution in [2.24, 2.45) is 0 Å². The van der Waals surface area contributed by atoms with Crippen molar-refractivity contribution in [3.05, 3.63) is 42.0 Å². The molecule has 3 nitrogen and oxygen atoms in total. The molecule has 0 spiro atoms. The third-order valence-electron chi connectivity index (χ3n) is 2.95. The Hall–Kier alpha value is -1.61. The maximum atomic E-state index is 12.0. The molecule has 1 saturated heterocycles. The average Bonchev–Trinajstić information content (AvgIpc) is 2.36. The van der Waals surface area contributed by atoms with Crippen molar-refractivity contribution in [3.63, 3.8) is 0 Å². The van der Waals surface area contributed by atoms with Gasteiger partial charge in [0.15, 0.2) is 0 Å². The molecule has 1 aromatic rings. The van der Waals surface area contributed by atoms with E-state index in [0.717, 1.165) is 5.56 Å². The first-order valence-electron chi connectivity index (χ1n) is 6.32. The van der Waals surface area contributed by atoms with Gasteiger partial charge in [-0.1, -0.05) is 30.3 Å². The number of benzene rings is 1. The Kier molecular flexibility index (Phi) is 4.15. The summed E-state index contributed by atoms with van der Waals surface area (Å²) in [5.41, 5.74) is 1.04. The Morgan fingerprint density at radius 1 is 1.22 bits per heavy atom. The Balaban J connectivity index is 1.97. The number of nitrogens with zero attached hydrogens (tertiary/aromatic N) is 1. The number of hydrogen-bond donors (Lipinski definition) is 0. The molecule has 1 aliphatic heterocycles. The van der Waals surface area contributed by atoms with Crippen LogP contribution in [0.4, 0.5) is 0 Å². The number of amides is 1. The molecule has 1 heterocycles. The van der Waals surface area contributed by atoms with Gasteiger partial charge in [0.05, 0.1) is 12.2 Å². The zero-order valence-electron chi connectivity index (χ0n) is 10.9. The number of carbonyl (C=O) groups excluding carboxylic acids is 1. The number of morpholine rings is 1. The first-order chi connectivity index (χ1) is 8.65. The van der Waals surface area contributed by atoms with Gasteiger partial charge in [-0.25, -0.2) is 0 Å². The van der Waals surface area contributed by atoms with Crippen molar-refractivity contribution in [3.8, 4) is 0 Å². The second-order valence-corrected chi connectivity index (χ2v) is 4.74. The van der Waals surface area contributed by atoms with Gasteiger partial charge >= 0.3 is 0 Å². The molecule has 1 aromatic carbocycles. The van der Waals surface area contributed by atoms with E-state index < -0.39 is 0 Å². The van der Waals surface area contributed by atoms with Crippen LogP contribution in [0.25, 0.3) is 6.08 Å². The molecule has 3 heteroatoms. The van der Waals surface area contributed by atoms with Gasteiger partial charge in [0.2, 0.25) is 5.91 Å². The van der Waals surface area contributed by atoms with Gasteiger partial charge in [-0.15, -0.1) is 0 Å². The summed E-state index contributed by atoms with van der Waals surface area (Å²) in [5, 5.41) is 0. The third kappa shape index (κ3) is 3.44. The summed E-state index contributed by atoms with van der Waals surface area (Å²) in [6.45, 7) is 5.33. The van der Waals surface area contributed by atoms with Crippen LogP contribution in [0.15, 0.2) is 36.4 Å². The largest absolute Gasteiger partial charge is 0.372 e. The molecule has 0 bridgehead atoms. The zero-order chi connectivity index (χ0) is 13.0. The highest BCUT2D eigenvalue weighted by atomic mass is 16.5. The predicted molar refractivity (Wildman–Crippen MR) is 72.1 cm³/mol. The van der Waals surface area contributed by atoms with Crippen LogP contribution in [0.1, 0.15) is 19.4 Å². The van der Waals surface area contributed by atoms with E-state index in [1.807, 2.05) is 55.2 Å². The lowest BCUT2D eigenvalue weighted by atomic mass is 10.2. The van der Waals surface area contributed by atoms with Crippen LogP contribution >= 0.6 is 0 Å². The van der Waals surface area contributed by atoms with Crippen LogP contribution in [0.5, 0.6) is 0 Å². The lowest BCUT2D eigenvalue weighted by Crippen LogP contribution is -2.47. The second-order valence-electron chi connectivity index (χ2n) is 4.74. The standard InChI is InChI=1S/C15H19NO2/c1-12-10-16(11-13(2)18-12)15(17)9-8-14-6-4-3-5-7-14/h3-9,12-13H,10-11H2,1-2H3/b9-8-/t12-,13-/m1/s1. The monoisotopic (exact) mass is 245 g/mol. The van der Waals surface area contributed by atoms with Gasteiger partial charge in [0.1, 0.15) is 0 Å². The molecule has 0 N–H and O–H groups in total. The minimum absolute atomic E-state index is 0.0563. The highest BCUT2D eigenvalue weighted by molar-refractivity contribution is 5.91. The topological polar surface area (TPSA) is 29.5 Å². The summed E-state index contributed by atoms with van der Waals surface area (Å²) in [7, 11) is 0. The van der Waals surface area contributed by atoms with Crippen LogP contribution in [0, 0.1) is 0 Å². The van der Waals surface area contributed by atoms with E-state index in [-0.39, 0.29) is 18.1 Å². The summed E-state index contributed by atoms with van der Waals surface area (Å²) in [6, 6.07) is 9.85. The van der Waals surface area contributed by atoms with E-state index in [2.05, 4.69) is 0 Å². The van der Waals surface area contributed by atoms with E-state index >= 15 is 0 Å². The van der Waals surface area contributed by atoms with Gasteiger partial charge < -0.3 is 9.64 Å². The normalized spacial score (nSPS) is 24.4. The lowest BCUT2D eigenvalue weighted by molar-refractivity contribution is -0.137. The Bertz CT molecular complexity index is 417. The first-order valence-corrected chi connectivity index (χ1v) is 6.32. The number of ether oxygens (including phenoxy) is 1. The summed E-state index contributed by atoms with van der Waals surface area (Å²) in [6.07, 6.45) is 3.72. The fraction of sp³-hybridized carbons (Fsp3) is 0.400. The molecule has 0 radical (unpaired) electrons. The molecular weight excluding hydrogens is 226 g/mol. The number of carbonyl (C=O) groups is 1. The molecule has 1 amide bonds. The molecule has 0 unspecified atom stereocenters. The van der Waals surface area contributed by atoms with Crippen molar-refractivity contribution in [1.82, 2.24) is 4.90 Å². The Morgan fingerprint density at radius 2 is 1.83 bits per heavy atom. The average molecular weight is 245 g/mol. The van der Waals surface area contributed by atoms with Crippen LogP contribution in [0.2, 0.25) is 0 Å². The van der Waals surface area contributed by atoms with Crippen molar-refractivity contribution in [1.29, 1.82) is 0 Å². The molecule has 1 fully saturated rings. The Labute approximate surface area is 108 Å². The molecule has 0 saturated carbocycles. The molecule has 1 aliphatic rings. The van der Waals surface area contributed by atoms with Gasteiger partial charge in [-0.2, -0.15) is 0 Å². The van der Waals surface area contributed by atoms with Gasteiger partial charge in [0.25, 0.3) is 0 Å². The van der Waals surface area contributed by atoms with Crippen LogP contribution in [-0.4, -0.2) is 36.1 Å². The summed E-state index contributed by atoms with van der Waals surface area (Å²) in [5.74, 6) is 0.0563. The zero-order valence-corrected chi connectivity index (χ0v) is 10.9. The van der Waals surface area contributed by atoms with E-state index in [1.54, 1.807) is 6.08 Å². The van der Waals surface area contributed by atoms with Gasteiger partial charge in [-0.05, 0) is 25.5 Å². The van der Waals surface area contributed by atoms with Crippen LogP contribution < -0.4 is 0 Å². The smallest absolute Gasteiger partial charge is 0.246 e. The lowest BCUT2D eigenvalue weighted by Gasteiger charge is -2.34. The highest BCUT2D eigenvalue weighted by Gasteiger charge is 2.24. The molecule has 96 valence electrons. The maximum absolute atomic E-state index is 12.0. The van der Waals surface area contributed by atoms with Crippen LogP contribution in [0.3, 0.4) is 0 Å². The highest BCUT2D eigenvalue weighted by Crippen LogP contribution is 2.11. The molecule has 0 aromatic heterocycles. The van der Waals surface area contributed by atoms with Gasteiger partial charge in [0, 0.05) is 19.2 Å². The molecule has 2 atom stereocenters. The van der Waals surface area contributed by atoms with Crippen molar-refractivity contribution in [2.75, 3.05) is 13.1 Å². The minimum Gasteiger partial charge on any atom is -0.372 e. The van der Waals surface area contributed by atoms with Crippen molar-refractivity contribution >= 4 is 12.0 Å². The van der Waals surface area contributed by atoms with E-state index in [0.29, 0.717) is 13.1 Å². The Morgan fingerprint density at radius 3 is 2.44 bits per heavy atom. The van der Waals surface area contributed by atoms with Gasteiger partial charge in [-0.3, -0.25) is 4.79 Å². The maximum Gasteiger partial charge on any atom is 0.246 e. The summed E-state index contributed by atoms with van der Waals surface area (Å²) >= 11 is 0. The minimum atomic E-state index is 0.0563. The van der Waals surface area contributed by atoms with E-state index in [9.17, 15) is 4.79 Å². The quantitative estimate of drug-likeness (QED) is 0.748. The fourth-order valence-electron chi connectivity index (χ4n) is 2.19. The van der Waals surface area contributed by atoms with E-state index in [1.165, 1.54) is 0 Å². The SMILES string of the molecule is C[C@@H]1CN(C(=O)/C=C\c2ccccc2)C[C@@H](C)O1. The fourth-order valence-corrected chi connectivity index (χ4v) is 2.19. The molecular formula is C15H19NO2. The van der Waals surface area contributed by atoms with Crippen molar-refractivity contribution in [2.45, 2.75) is 26.1 Å². The van der Waals surface area contributed by atoms with E-state index in [4.69, 9.17) is 4.74 Å². The third-order valence-corrected chi connectivity index (χ3v) is 2.95. The summed E-state index contributed by atoms with van der Waals surface area (Å²) in [4.78, 5) is 13.9.